The van der Waals surface area contributed by atoms with Crippen LogP contribution in [0, 0.1) is 12.7 Å². The van der Waals surface area contributed by atoms with Gasteiger partial charge in [0.05, 0.1) is 0 Å². The van der Waals surface area contributed by atoms with Crippen LogP contribution in [0.2, 0.25) is 0 Å². The Morgan fingerprint density at radius 2 is 1.95 bits per heavy atom. The molecule has 0 spiro atoms. The molecule has 2 aromatic rings. The standard InChI is InChI=1S/C17H16FNO2/c1-10-4-2-3-5-12(10)17(21)13-8-11-6-7-16(20)19-15(11)9-14(13)18/h2-5,8-9,17,21H,6-7H2,1H3,(H,19,20). The van der Waals surface area contributed by atoms with Gasteiger partial charge < -0.3 is 10.4 Å². The fourth-order valence-corrected chi connectivity index (χ4v) is 2.69. The van der Waals surface area contributed by atoms with Gasteiger partial charge in [-0.1, -0.05) is 24.3 Å². The van der Waals surface area contributed by atoms with Crippen LogP contribution in [0.5, 0.6) is 0 Å². The van der Waals surface area contributed by atoms with Gasteiger partial charge in [-0.15, -0.1) is 0 Å². The largest absolute Gasteiger partial charge is 0.384 e. The molecule has 0 aromatic heterocycles. The van der Waals surface area contributed by atoms with Gasteiger partial charge in [-0.05, 0) is 42.2 Å². The Balaban J connectivity index is 2.03. The first-order valence-electron chi connectivity index (χ1n) is 6.92. The first kappa shape index (κ1) is 13.8. The van der Waals surface area contributed by atoms with Gasteiger partial charge in [-0.25, -0.2) is 4.39 Å². The lowest BCUT2D eigenvalue weighted by Crippen LogP contribution is -2.20. The molecule has 1 aliphatic heterocycles. The normalized spacial score (nSPS) is 15.3. The number of hydrogen-bond donors (Lipinski definition) is 2. The highest BCUT2D eigenvalue weighted by Gasteiger charge is 2.22. The van der Waals surface area contributed by atoms with Crippen LogP contribution in [0.1, 0.15) is 34.8 Å². The number of nitrogens with one attached hydrogen (secondary N) is 1. The number of aliphatic hydroxyl groups is 1. The number of halogens is 1. The molecule has 2 aromatic carbocycles. The molecule has 0 saturated carbocycles. The zero-order valence-electron chi connectivity index (χ0n) is 11.7. The van der Waals surface area contributed by atoms with E-state index in [4.69, 9.17) is 0 Å². The number of aliphatic hydroxyl groups excluding tert-OH is 1. The monoisotopic (exact) mass is 285 g/mol. The van der Waals surface area contributed by atoms with E-state index in [0.717, 1.165) is 11.1 Å². The topological polar surface area (TPSA) is 49.3 Å². The maximum Gasteiger partial charge on any atom is 0.224 e. The smallest absolute Gasteiger partial charge is 0.224 e. The molecule has 0 saturated heterocycles. The predicted molar refractivity (Wildman–Crippen MR) is 78.6 cm³/mol. The third-order valence-electron chi connectivity index (χ3n) is 3.90. The van der Waals surface area contributed by atoms with Gasteiger partial charge in [0.15, 0.2) is 0 Å². The molecule has 1 heterocycles. The number of benzene rings is 2. The van der Waals surface area contributed by atoms with Crippen LogP contribution in [0.3, 0.4) is 0 Å². The number of rotatable bonds is 2. The highest BCUT2D eigenvalue weighted by Crippen LogP contribution is 2.32. The van der Waals surface area contributed by atoms with Crippen molar-refractivity contribution in [2.24, 2.45) is 0 Å². The van der Waals surface area contributed by atoms with Gasteiger partial charge in [0.1, 0.15) is 11.9 Å². The van der Waals surface area contributed by atoms with Crippen molar-refractivity contribution >= 4 is 11.6 Å². The summed E-state index contributed by atoms with van der Waals surface area (Å²) in [4.78, 5) is 11.3. The lowest BCUT2D eigenvalue weighted by atomic mass is 9.93. The Morgan fingerprint density at radius 3 is 2.71 bits per heavy atom. The minimum atomic E-state index is -1.01. The first-order valence-corrected chi connectivity index (χ1v) is 6.92. The first-order chi connectivity index (χ1) is 10.1. The maximum absolute atomic E-state index is 14.3. The van der Waals surface area contributed by atoms with Crippen molar-refractivity contribution in [3.05, 3.63) is 64.5 Å². The summed E-state index contributed by atoms with van der Waals surface area (Å²) in [5.41, 5.74) is 3.22. The van der Waals surface area contributed by atoms with E-state index >= 15 is 0 Å². The molecule has 3 nitrogen and oxygen atoms in total. The summed E-state index contributed by atoms with van der Waals surface area (Å²) >= 11 is 0. The highest BCUT2D eigenvalue weighted by molar-refractivity contribution is 5.93. The number of aryl methyl sites for hydroxylation is 2. The number of fused-ring (bicyclic) bond motifs is 1. The second-order valence-corrected chi connectivity index (χ2v) is 5.34. The molecule has 1 unspecified atom stereocenters. The molecule has 0 radical (unpaired) electrons. The minimum absolute atomic E-state index is 0.103. The van der Waals surface area contributed by atoms with Crippen molar-refractivity contribution in [1.29, 1.82) is 0 Å². The van der Waals surface area contributed by atoms with Crippen LogP contribution in [0.4, 0.5) is 10.1 Å². The molecular weight excluding hydrogens is 269 g/mol. The van der Waals surface area contributed by atoms with Crippen molar-refractivity contribution < 1.29 is 14.3 Å². The molecule has 21 heavy (non-hydrogen) atoms. The van der Waals surface area contributed by atoms with E-state index in [9.17, 15) is 14.3 Å². The van der Waals surface area contributed by atoms with E-state index in [2.05, 4.69) is 5.32 Å². The number of carbonyl (C=O) groups is 1. The van der Waals surface area contributed by atoms with Crippen molar-refractivity contribution in [3.63, 3.8) is 0 Å². The van der Waals surface area contributed by atoms with Crippen molar-refractivity contribution in [1.82, 2.24) is 0 Å². The maximum atomic E-state index is 14.3. The number of amides is 1. The van der Waals surface area contributed by atoms with Crippen LogP contribution in [-0.4, -0.2) is 11.0 Å². The molecule has 0 aliphatic carbocycles. The van der Waals surface area contributed by atoms with Crippen molar-refractivity contribution in [3.8, 4) is 0 Å². The van der Waals surface area contributed by atoms with E-state index in [-0.39, 0.29) is 11.5 Å². The quantitative estimate of drug-likeness (QED) is 0.890. The van der Waals surface area contributed by atoms with Crippen LogP contribution in [0.25, 0.3) is 0 Å². The fourth-order valence-electron chi connectivity index (χ4n) is 2.69. The second-order valence-electron chi connectivity index (χ2n) is 5.34. The van der Waals surface area contributed by atoms with E-state index in [1.165, 1.54) is 6.07 Å². The third kappa shape index (κ3) is 2.54. The van der Waals surface area contributed by atoms with Crippen molar-refractivity contribution in [2.45, 2.75) is 25.9 Å². The zero-order chi connectivity index (χ0) is 15.0. The lowest BCUT2D eigenvalue weighted by molar-refractivity contribution is -0.116. The number of hydrogen-bond acceptors (Lipinski definition) is 2. The highest BCUT2D eigenvalue weighted by atomic mass is 19.1. The van der Waals surface area contributed by atoms with Crippen LogP contribution < -0.4 is 5.32 Å². The van der Waals surface area contributed by atoms with Gasteiger partial charge in [0, 0.05) is 17.7 Å². The molecule has 1 amide bonds. The summed E-state index contributed by atoms with van der Waals surface area (Å²) in [5, 5.41) is 13.1. The molecule has 0 fully saturated rings. The molecule has 1 atom stereocenters. The Hall–Kier alpha value is -2.20. The van der Waals surface area contributed by atoms with E-state index in [1.807, 2.05) is 25.1 Å². The summed E-state index contributed by atoms with van der Waals surface area (Å²) < 4.78 is 14.3. The molecule has 4 heteroatoms. The number of carbonyl (C=O) groups excluding carboxylic acids is 1. The zero-order valence-corrected chi connectivity index (χ0v) is 11.7. The average molecular weight is 285 g/mol. The second kappa shape index (κ2) is 5.30. The molecule has 1 aliphatic rings. The van der Waals surface area contributed by atoms with Gasteiger partial charge >= 0.3 is 0 Å². The van der Waals surface area contributed by atoms with E-state index in [1.54, 1.807) is 12.1 Å². The Bertz CT molecular complexity index is 712. The fraction of sp³-hybridized carbons (Fsp3) is 0.235. The Labute approximate surface area is 122 Å². The van der Waals surface area contributed by atoms with Crippen LogP contribution >= 0.6 is 0 Å². The lowest BCUT2D eigenvalue weighted by Gasteiger charge is -2.21. The van der Waals surface area contributed by atoms with Gasteiger partial charge in [-0.3, -0.25) is 4.79 Å². The molecular formula is C17H16FNO2. The molecule has 3 rings (SSSR count). The third-order valence-corrected chi connectivity index (χ3v) is 3.90. The van der Waals surface area contributed by atoms with Crippen molar-refractivity contribution in [2.75, 3.05) is 5.32 Å². The summed E-state index contributed by atoms with van der Waals surface area (Å²) in [7, 11) is 0. The average Bonchev–Trinajstić information content (AvgIpc) is 2.46. The molecule has 108 valence electrons. The predicted octanol–water partition coefficient (Wildman–Crippen LogP) is 3.10. The van der Waals surface area contributed by atoms with Crippen LogP contribution in [-0.2, 0) is 11.2 Å². The summed E-state index contributed by atoms with van der Waals surface area (Å²) in [6.07, 6.45) is -0.0536. The van der Waals surface area contributed by atoms with E-state index < -0.39 is 11.9 Å². The summed E-state index contributed by atoms with van der Waals surface area (Å²) in [6.45, 7) is 1.88. The number of anilines is 1. The summed E-state index contributed by atoms with van der Waals surface area (Å²) in [5.74, 6) is -0.610. The van der Waals surface area contributed by atoms with Crippen LogP contribution in [0.15, 0.2) is 36.4 Å². The minimum Gasteiger partial charge on any atom is -0.384 e. The molecule has 2 N–H and O–H groups in total. The van der Waals surface area contributed by atoms with Gasteiger partial charge in [-0.2, -0.15) is 0 Å². The Morgan fingerprint density at radius 1 is 1.19 bits per heavy atom. The molecule has 0 bridgehead atoms. The summed E-state index contributed by atoms with van der Waals surface area (Å²) in [6, 6.07) is 10.3. The Kier molecular flexibility index (Phi) is 3.47. The SMILES string of the molecule is Cc1ccccc1C(O)c1cc2c(cc1F)NC(=O)CC2. The van der Waals surface area contributed by atoms with Gasteiger partial charge in [0.25, 0.3) is 0 Å². The van der Waals surface area contributed by atoms with E-state index in [0.29, 0.717) is 24.1 Å². The van der Waals surface area contributed by atoms with Gasteiger partial charge in [0.2, 0.25) is 5.91 Å².